The normalized spacial score (nSPS) is 16.2. The van der Waals surface area contributed by atoms with E-state index >= 15 is 0 Å². The first-order valence-corrected chi connectivity index (χ1v) is 12.7. The number of nitrogens with zero attached hydrogens (tertiary/aromatic N) is 4. The molecule has 0 bridgehead atoms. The van der Waals surface area contributed by atoms with Crippen LogP contribution in [0.5, 0.6) is 0 Å². The molecular formula is C23H23FN4O3S2. The summed E-state index contributed by atoms with van der Waals surface area (Å²) in [7, 11) is 0. The summed E-state index contributed by atoms with van der Waals surface area (Å²) in [4.78, 5) is 24.7. The van der Waals surface area contributed by atoms with Gasteiger partial charge in [-0.3, -0.25) is 9.36 Å². The molecule has 4 heterocycles. The van der Waals surface area contributed by atoms with E-state index in [-0.39, 0.29) is 17.5 Å². The van der Waals surface area contributed by atoms with Crippen molar-refractivity contribution in [3.8, 4) is 11.5 Å². The van der Waals surface area contributed by atoms with E-state index in [4.69, 9.17) is 14.2 Å². The maximum absolute atomic E-state index is 13.5. The number of ether oxygens (including phenoxy) is 1. The summed E-state index contributed by atoms with van der Waals surface area (Å²) in [6.07, 6.45) is 2.75. The molecular weight excluding hydrogens is 463 g/mol. The Morgan fingerprint density at radius 2 is 2.09 bits per heavy atom. The van der Waals surface area contributed by atoms with Gasteiger partial charge >= 0.3 is 0 Å². The molecule has 0 N–H and O–H groups in total. The third kappa shape index (κ3) is 4.47. The molecule has 172 valence electrons. The van der Waals surface area contributed by atoms with E-state index < -0.39 is 0 Å². The molecule has 33 heavy (non-hydrogen) atoms. The Balaban J connectivity index is 1.45. The van der Waals surface area contributed by atoms with Gasteiger partial charge in [0.05, 0.1) is 23.8 Å². The summed E-state index contributed by atoms with van der Waals surface area (Å²) in [5.74, 6) is 0.870. The molecule has 0 amide bonds. The van der Waals surface area contributed by atoms with Crippen molar-refractivity contribution in [1.82, 2.24) is 19.7 Å². The van der Waals surface area contributed by atoms with E-state index in [9.17, 15) is 9.18 Å². The molecule has 0 spiro atoms. The molecule has 3 aromatic heterocycles. The van der Waals surface area contributed by atoms with Crippen molar-refractivity contribution in [3.05, 3.63) is 56.7 Å². The topological polar surface area (TPSA) is 83.0 Å². The molecule has 1 aliphatic heterocycles. The fourth-order valence-electron chi connectivity index (χ4n) is 4.07. The van der Waals surface area contributed by atoms with Crippen LogP contribution >= 0.6 is 23.1 Å². The molecule has 1 saturated heterocycles. The molecule has 10 heteroatoms. The van der Waals surface area contributed by atoms with Crippen molar-refractivity contribution in [2.24, 2.45) is 0 Å². The number of halogens is 1. The summed E-state index contributed by atoms with van der Waals surface area (Å²) in [5, 5.41) is 5.39. The van der Waals surface area contributed by atoms with Crippen LogP contribution in [0.4, 0.5) is 4.39 Å². The van der Waals surface area contributed by atoms with E-state index in [1.54, 1.807) is 28.0 Å². The second-order valence-electron chi connectivity index (χ2n) is 7.93. The lowest BCUT2D eigenvalue weighted by Gasteiger charge is -2.15. The van der Waals surface area contributed by atoms with Crippen LogP contribution < -0.4 is 5.56 Å². The Morgan fingerprint density at radius 1 is 1.27 bits per heavy atom. The van der Waals surface area contributed by atoms with Gasteiger partial charge in [0.25, 0.3) is 11.4 Å². The van der Waals surface area contributed by atoms with Crippen LogP contribution in [0.15, 0.2) is 38.7 Å². The van der Waals surface area contributed by atoms with Gasteiger partial charge < -0.3 is 9.26 Å². The molecule has 0 saturated carbocycles. The molecule has 1 fully saturated rings. The predicted molar refractivity (Wildman–Crippen MR) is 126 cm³/mol. The number of hydrogen-bond acceptors (Lipinski definition) is 8. The van der Waals surface area contributed by atoms with Crippen LogP contribution in [0, 0.1) is 12.7 Å². The first-order chi connectivity index (χ1) is 16.0. The average molecular weight is 487 g/mol. The molecule has 0 aliphatic carbocycles. The molecule has 1 unspecified atom stereocenters. The van der Waals surface area contributed by atoms with Gasteiger partial charge in [-0.15, -0.1) is 11.3 Å². The van der Waals surface area contributed by atoms with Crippen molar-refractivity contribution >= 4 is 33.3 Å². The van der Waals surface area contributed by atoms with Crippen LogP contribution in [0.1, 0.15) is 36.0 Å². The SMILES string of the molecule is CCc1c(C)sc2nc(SCc3noc(-c4ccc(F)cc4)n3)n(CC3CCCO3)c(=O)c12. The molecule has 5 rings (SSSR count). The van der Waals surface area contributed by atoms with Gasteiger partial charge in [0.2, 0.25) is 0 Å². The Morgan fingerprint density at radius 3 is 2.82 bits per heavy atom. The van der Waals surface area contributed by atoms with E-state index in [0.29, 0.717) is 34.7 Å². The average Bonchev–Trinajstić information content (AvgIpc) is 3.55. The lowest BCUT2D eigenvalue weighted by molar-refractivity contribution is 0.0937. The molecule has 0 radical (unpaired) electrons. The number of fused-ring (bicyclic) bond motifs is 1. The monoisotopic (exact) mass is 486 g/mol. The van der Waals surface area contributed by atoms with Gasteiger partial charge in [0.1, 0.15) is 10.6 Å². The zero-order valence-electron chi connectivity index (χ0n) is 18.3. The highest BCUT2D eigenvalue weighted by atomic mass is 32.2. The van der Waals surface area contributed by atoms with Gasteiger partial charge in [0, 0.05) is 17.0 Å². The number of benzene rings is 1. The number of thioether (sulfide) groups is 1. The highest BCUT2D eigenvalue weighted by Gasteiger charge is 2.23. The third-order valence-electron chi connectivity index (χ3n) is 5.73. The largest absolute Gasteiger partial charge is 0.376 e. The van der Waals surface area contributed by atoms with Crippen molar-refractivity contribution < 1.29 is 13.7 Å². The number of aromatic nitrogens is 4. The zero-order valence-corrected chi connectivity index (χ0v) is 20.0. The first kappa shape index (κ1) is 22.2. The molecule has 7 nitrogen and oxygen atoms in total. The summed E-state index contributed by atoms with van der Waals surface area (Å²) in [6, 6.07) is 5.90. The van der Waals surface area contributed by atoms with Gasteiger partial charge in [-0.2, -0.15) is 4.98 Å². The van der Waals surface area contributed by atoms with E-state index in [0.717, 1.165) is 46.5 Å². The quantitative estimate of drug-likeness (QED) is 0.269. The highest BCUT2D eigenvalue weighted by Crippen LogP contribution is 2.31. The lowest BCUT2D eigenvalue weighted by Crippen LogP contribution is -2.29. The minimum absolute atomic E-state index is 0.0145. The van der Waals surface area contributed by atoms with Gasteiger partial charge in [-0.25, -0.2) is 9.37 Å². The van der Waals surface area contributed by atoms with Gasteiger partial charge in [-0.05, 0) is 56.0 Å². The number of thiophene rings is 1. The fourth-order valence-corrected chi connectivity index (χ4v) is 6.08. The molecule has 4 aromatic rings. The van der Waals surface area contributed by atoms with Crippen LogP contribution in [0.3, 0.4) is 0 Å². The first-order valence-electron chi connectivity index (χ1n) is 10.9. The Kier molecular flexibility index (Phi) is 6.31. The minimum Gasteiger partial charge on any atom is -0.376 e. The number of aryl methyl sites for hydroxylation is 2. The Hall–Kier alpha value is -2.56. The predicted octanol–water partition coefficient (Wildman–Crippen LogP) is 4.99. The number of rotatable bonds is 7. The zero-order chi connectivity index (χ0) is 22.9. The standard InChI is InChI=1S/C23H23FN4O3S2/c1-3-17-13(2)33-21-19(17)22(29)28(11-16-5-4-10-30-16)23(26-21)32-12-18-25-20(31-27-18)14-6-8-15(24)9-7-14/h6-9,16H,3-5,10-12H2,1-2H3. The Labute approximate surface area is 198 Å². The maximum atomic E-state index is 13.5. The van der Waals surface area contributed by atoms with Gasteiger partial charge in [-0.1, -0.05) is 23.8 Å². The maximum Gasteiger partial charge on any atom is 0.263 e. The van der Waals surface area contributed by atoms with E-state index in [2.05, 4.69) is 17.1 Å². The number of hydrogen-bond donors (Lipinski definition) is 0. The minimum atomic E-state index is -0.324. The summed E-state index contributed by atoms with van der Waals surface area (Å²) >= 11 is 2.96. The van der Waals surface area contributed by atoms with Crippen molar-refractivity contribution in [1.29, 1.82) is 0 Å². The van der Waals surface area contributed by atoms with E-state index in [1.807, 2.05) is 6.92 Å². The van der Waals surface area contributed by atoms with Gasteiger partial charge in [0.15, 0.2) is 11.0 Å². The van der Waals surface area contributed by atoms with Crippen LogP contribution in [0.2, 0.25) is 0 Å². The van der Waals surface area contributed by atoms with Crippen molar-refractivity contribution in [2.75, 3.05) is 6.61 Å². The lowest BCUT2D eigenvalue weighted by atomic mass is 10.1. The van der Waals surface area contributed by atoms with Crippen LogP contribution in [-0.4, -0.2) is 32.4 Å². The second kappa shape index (κ2) is 9.36. The molecule has 1 aromatic carbocycles. The third-order valence-corrected chi connectivity index (χ3v) is 7.74. The van der Waals surface area contributed by atoms with Crippen molar-refractivity contribution in [3.63, 3.8) is 0 Å². The van der Waals surface area contributed by atoms with Crippen LogP contribution in [0.25, 0.3) is 21.7 Å². The van der Waals surface area contributed by atoms with E-state index in [1.165, 1.54) is 23.9 Å². The molecule has 1 atom stereocenters. The van der Waals surface area contributed by atoms with Crippen LogP contribution in [-0.2, 0) is 23.5 Å². The Bertz CT molecular complexity index is 1340. The van der Waals surface area contributed by atoms with Crippen molar-refractivity contribution in [2.45, 2.75) is 56.7 Å². The summed E-state index contributed by atoms with van der Waals surface area (Å²) in [6.45, 7) is 5.31. The smallest absolute Gasteiger partial charge is 0.263 e. The second-order valence-corrected chi connectivity index (χ2v) is 10.1. The summed E-state index contributed by atoms with van der Waals surface area (Å²) < 4.78 is 26.1. The summed E-state index contributed by atoms with van der Waals surface area (Å²) in [5.41, 5.74) is 1.71. The highest BCUT2D eigenvalue weighted by molar-refractivity contribution is 7.98. The molecule has 1 aliphatic rings. The fraction of sp³-hybridized carbons (Fsp3) is 0.391.